The predicted octanol–water partition coefficient (Wildman–Crippen LogP) is 3.19. The second kappa shape index (κ2) is 10.7. The van der Waals surface area contributed by atoms with Crippen molar-refractivity contribution in [2.75, 3.05) is 37.0 Å². The smallest absolute Gasteiger partial charge is 0.293 e. The molecule has 3 aromatic rings. The van der Waals surface area contributed by atoms with Gasteiger partial charge in [0.25, 0.3) is 11.5 Å². The number of hydrogen-bond donors (Lipinski definition) is 2. The average Bonchev–Trinajstić information content (AvgIpc) is 2.82. The standard InChI is InChI=1S/C22H24ClIN6O4/c1-29-17-4-3-15(9-13(17)10-18(21(29)32)34-12-19(31)28-33-2)26-20-16(23)11-25-22(27-20)30-7-5-14(24)6-8-30/h3-4,9-11,14H,5-8,12H2,1-2H3,(H,28,31)(H,25,26,27). The lowest BCUT2D eigenvalue weighted by molar-refractivity contribution is -0.133. The molecule has 0 unspecified atom stereocenters. The van der Waals surface area contributed by atoms with Gasteiger partial charge in [-0.1, -0.05) is 34.2 Å². The third kappa shape index (κ3) is 5.53. The van der Waals surface area contributed by atoms with Crippen molar-refractivity contribution < 1.29 is 14.4 Å². The molecule has 3 heterocycles. The molecule has 12 heteroatoms. The number of aryl methyl sites for hydroxylation is 1. The zero-order valence-electron chi connectivity index (χ0n) is 18.7. The van der Waals surface area contributed by atoms with Crippen LogP contribution in [0.2, 0.25) is 5.02 Å². The Morgan fingerprint density at radius 3 is 2.79 bits per heavy atom. The van der Waals surface area contributed by atoms with Crippen LogP contribution in [-0.2, 0) is 16.7 Å². The molecule has 0 spiro atoms. The summed E-state index contributed by atoms with van der Waals surface area (Å²) < 4.78 is 7.56. The number of fused-ring (bicyclic) bond motifs is 1. The van der Waals surface area contributed by atoms with Crippen LogP contribution in [0.1, 0.15) is 12.8 Å². The number of hydrogen-bond acceptors (Lipinski definition) is 8. The normalized spacial score (nSPS) is 14.3. The molecule has 4 rings (SSSR count). The molecule has 0 atom stereocenters. The second-order valence-electron chi connectivity index (χ2n) is 7.82. The first kappa shape index (κ1) is 24.5. The van der Waals surface area contributed by atoms with Gasteiger partial charge in [0.2, 0.25) is 5.95 Å². The Morgan fingerprint density at radius 2 is 2.06 bits per heavy atom. The molecule has 0 aliphatic carbocycles. The average molecular weight is 599 g/mol. The zero-order valence-corrected chi connectivity index (χ0v) is 21.6. The summed E-state index contributed by atoms with van der Waals surface area (Å²) in [7, 11) is 2.97. The van der Waals surface area contributed by atoms with Crippen LogP contribution in [-0.4, -0.2) is 51.2 Å². The summed E-state index contributed by atoms with van der Waals surface area (Å²) in [6.45, 7) is 1.47. The van der Waals surface area contributed by atoms with Crippen molar-refractivity contribution in [3.63, 3.8) is 0 Å². The highest BCUT2D eigenvalue weighted by Crippen LogP contribution is 2.29. The van der Waals surface area contributed by atoms with Crippen LogP contribution in [0.3, 0.4) is 0 Å². The van der Waals surface area contributed by atoms with Gasteiger partial charge in [0.1, 0.15) is 5.02 Å². The van der Waals surface area contributed by atoms with E-state index in [4.69, 9.17) is 16.3 Å². The Morgan fingerprint density at radius 1 is 1.29 bits per heavy atom. The van der Waals surface area contributed by atoms with Gasteiger partial charge in [0, 0.05) is 35.1 Å². The summed E-state index contributed by atoms with van der Waals surface area (Å²) in [5.74, 6) is 0.694. The van der Waals surface area contributed by atoms with Gasteiger partial charge in [0.05, 0.1) is 18.8 Å². The Labute approximate surface area is 214 Å². The van der Waals surface area contributed by atoms with Gasteiger partial charge in [-0.05, 0) is 37.1 Å². The number of rotatable bonds is 7. The molecule has 0 saturated carbocycles. The first-order valence-corrected chi connectivity index (χ1v) is 12.2. The molecule has 10 nitrogen and oxygen atoms in total. The molecule has 0 bridgehead atoms. The Balaban J connectivity index is 1.59. The number of hydroxylamine groups is 1. The maximum Gasteiger partial charge on any atom is 0.293 e. The minimum atomic E-state index is -0.503. The van der Waals surface area contributed by atoms with Crippen LogP contribution in [0.25, 0.3) is 10.9 Å². The van der Waals surface area contributed by atoms with E-state index in [2.05, 4.69) is 53.1 Å². The van der Waals surface area contributed by atoms with Crippen molar-refractivity contribution in [1.29, 1.82) is 0 Å². The third-order valence-electron chi connectivity index (χ3n) is 5.47. The fourth-order valence-corrected chi connectivity index (χ4v) is 4.40. The van der Waals surface area contributed by atoms with E-state index < -0.39 is 5.91 Å². The fourth-order valence-electron chi connectivity index (χ4n) is 3.70. The summed E-state index contributed by atoms with van der Waals surface area (Å²) >= 11 is 8.86. The number of amides is 1. The van der Waals surface area contributed by atoms with Crippen molar-refractivity contribution in [3.8, 4) is 5.75 Å². The number of pyridine rings is 1. The van der Waals surface area contributed by atoms with Crippen LogP contribution < -0.4 is 26.0 Å². The summed E-state index contributed by atoms with van der Waals surface area (Å²) in [5.41, 5.74) is 3.24. The summed E-state index contributed by atoms with van der Waals surface area (Å²) in [6.07, 6.45) is 3.79. The lowest BCUT2D eigenvalue weighted by Crippen LogP contribution is -2.35. The van der Waals surface area contributed by atoms with E-state index in [0.29, 0.717) is 26.2 Å². The summed E-state index contributed by atoms with van der Waals surface area (Å²) in [4.78, 5) is 40.0. The predicted molar refractivity (Wildman–Crippen MR) is 139 cm³/mol. The van der Waals surface area contributed by atoms with Crippen LogP contribution in [0, 0.1) is 0 Å². The largest absolute Gasteiger partial charge is 0.478 e. The third-order valence-corrected chi connectivity index (χ3v) is 6.99. The molecular weight excluding hydrogens is 575 g/mol. The maximum absolute atomic E-state index is 12.6. The topological polar surface area (TPSA) is 111 Å². The van der Waals surface area contributed by atoms with Crippen molar-refractivity contribution in [1.82, 2.24) is 20.0 Å². The summed E-state index contributed by atoms with van der Waals surface area (Å²) in [6, 6.07) is 7.12. The second-order valence-corrected chi connectivity index (χ2v) is 9.99. The summed E-state index contributed by atoms with van der Waals surface area (Å²) in [5, 5.41) is 4.40. The quantitative estimate of drug-likeness (QED) is 0.243. The van der Waals surface area contributed by atoms with Gasteiger partial charge in [-0.25, -0.2) is 10.5 Å². The first-order valence-electron chi connectivity index (χ1n) is 10.6. The van der Waals surface area contributed by atoms with Crippen molar-refractivity contribution >= 4 is 68.5 Å². The van der Waals surface area contributed by atoms with Gasteiger partial charge in [-0.15, -0.1) is 0 Å². The highest BCUT2D eigenvalue weighted by Gasteiger charge is 2.20. The lowest BCUT2D eigenvalue weighted by atomic mass is 10.1. The number of aromatic nitrogens is 3. The van der Waals surface area contributed by atoms with Crippen molar-refractivity contribution in [2.24, 2.45) is 7.05 Å². The molecule has 1 saturated heterocycles. The fraction of sp³-hybridized carbons (Fsp3) is 0.364. The molecule has 0 radical (unpaired) electrons. The van der Waals surface area contributed by atoms with Gasteiger partial charge < -0.3 is 19.5 Å². The van der Waals surface area contributed by atoms with E-state index in [1.54, 1.807) is 19.3 Å². The van der Waals surface area contributed by atoms with Gasteiger partial charge in [-0.2, -0.15) is 4.98 Å². The van der Waals surface area contributed by atoms with E-state index in [9.17, 15) is 9.59 Å². The molecule has 34 heavy (non-hydrogen) atoms. The van der Waals surface area contributed by atoms with E-state index in [1.165, 1.54) is 11.7 Å². The van der Waals surface area contributed by atoms with Crippen molar-refractivity contribution in [3.05, 3.63) is 45.8 Å². The molecule has 2 N–H and O–H groups in total. The highest BCUT2D eigenvalue weighted by atomic mass is 127. The lowest BCUT2D eigenvalue weighted by Gasteiger charge is -2.29. The van der Waals surface area contributed by atoms with E-state index in [0.717, 1.165) is 37.0 Å². The molecule has 1 amide bonds. The van der Waals surface area contributed by atoms with E-state index in [1.807, 2.05) is 18.2 Å². The minimum absolute atomic E-state index is 0.0550. The molecule has 1 aliphatic heterocycles. The van der Waals surface area contributed by atoms with Crippen molar-refractivity contribution in [2.45, 2.75) is 16.8 Å². The van der Waals surface area contributed by atoms with Gasteiger partial charge in [-0.3, -0.25) is 14.4 Å². The van der Waals surface area contributed by atoms with Crippen LogP contribution in [0.15, 0.2) is 35.3 Å². The maximum atomic E-state index is 12.6. The number of nitrogens with one attached hydrogen (secondary N) is 2. The Hall–Kier alpha value is -2.64. The number of benzene rings is 1. The molecular formula is C22H24ClIN6O4. The number of carbonyl (C=O) groups excluding carboxylic acids is 1. The van der Waals surface area contributed by atoms with Crippen LogP contribution >= 0.6 is 34.2 Å². The Kier molecular flexibility index (Phi) is 7.73. The molecule has 1 aromatic carbocycles. The molecule has 2 aromatic heterocycles. The van der Waals surface area contributed by atoms with Crippen LogP contribution in [0.4, 0.5) is 17.5 Å². The number of piperidine rings is 1. The highest BCUT2D eigenvalue weighted by molar-refractivity contribution is 14.1. The number of halogens is 2. The monoisotopic (exact) mass is 598 g/mol. The molecule has 1 fully saturated rings. The number of nitrogens with zero attached hydrogens (tertiary/aromatic N) is 4. The molecule has 1 aliphatic rings. The number of ether oxygens (including phenoxy) is 1. The van der Waals surface area contributed by atoms with Crippen LogP contribution in [0.5, 0.6) is 5.75 Å². The van der Waals surface area contributed by atoms with Gasteiger partial charge >= 0.3 is 0 Å². The van der Waals surface area contributed by atoms with Gasteiger partial charge in [0.15, 0.2) is 18.2 Å². The van der Waals surface area contributed by atoms with E-state index >= 15 is 0 Å². The van der Waals surface area contributed by atoms with E-state index in [-0.39, 0.29) is 17.9 Å². The number of alkyl halides is 1. The minimum Gasteiger partial charge on any atom is -0.478 e. The first-order chi connectivity index (χ1) is 16.4. The SMILES string of the molecule is CONC(=O)COc1cc2cc(Nc3nc(N4CCC(I)CC4)ncc3Cl)ccc2n(C)c1=O. The number of anilines is 3. The Bertz CT molecular complexity index is 1260. The molecule has 180 valence electrons. The number of carbonyl (C=O) groups is 1. The zero-order chi connectivity index (χ0) is 24.2.